The number of amides is 2. The summed E-state index contributed by atoms with van der Waals surface area (Å²) in [6, 6.07) is 17.6. The van der Waals surface area contributed by atoms with E-state index in [1.54, 1.807) is 34.2 Å². The van der Waals surface area contributed by atoms with Crippen LogP contribution in [0.4, 0.5) is 9.39 Å². The van der Waals surface area contributed by atoms with Crippen molar-refractivity contribution in [2.45, 2.75) is 11.7 Å². The zero-order valence-electron chi connectivity index (χ0n) is 16.7. The standard InChI is InChI=1S/C22H18FN5O2S2/c23-17-9-5-4-8-15(17)20-26-27-22(28(20)12-14-6-2-1-3-7-14)32-13-18(29)25-21-16(19(24)30)10-11-31-21/h1-11H,12-13H2,(H2,24,30)(H,25,29). The Bertz CT molecular complexity index is 1260. The summed E-state index contributed by atoms with van der Waals surface area (Å²) in [7, 11) is 0. The summed E-state index contributed by atoms with van der Waals surface area (Å²) >= 11 is 2.39. The van der Waals surface area contributed by atoms with Crippen LogP contribution in [0.3, 0.4) is 0 Å². The van der Waals surface area contributed by atoms with Gasteiger partial charge >= 0.3 is 0 Å². The second-order valence-corrected chi connectivity index (χ2v) is 8.58. The smallest absolute Gasteiger partial charge is 0.251 e. The second-order valence-electron chi connectivity index (χ2n) is 6.72. The lowest BCUT2D eigenvalue weighted by molar-refractivity contribution is -0.113. The minimum absolute atomic E-state index is 0.0281. The molecule has 0 spiro atoms. The van der Waals surface area contributed by atoms with E-state index in [4.69, 9.17) is 5.73 Å². The van der Waals surface area contributed by atoms with E-state index < -0.39 is 11.7 Å². The lowest BCUT2D eigenvalue weighted by Crippen LogP contribution is -2.18. The molecule has 162 valence electrons. The van der Waals surface area contributed by atoms with Gasteiger partial charge in [0.05, 0.1) is 23.4 Å². The fourth-order valence-corrected chi connectivity index (χ4v) is 4.59. The van der Waals surface area contributed by atoms with Gasteiger partial charge in [0.15, 0.2) is 11.0 Å². The van der Waals surface area contributed by atoms with Crippen molar-refractivity contribution < 1.29 is 14.0 Å². The molecule has 4 rings (SSSR count). The maximum absolute atomic E-state index is 14.4. The van der Waals surface area contributed by atoms with Crippen molar-refractivity contribution in [2.75, 3.05) is 11.1 Å². The fraction of sp³-hybridized carbons (Fsp3) is 0.0909. The van der Waals surface area contributed by atoms with Crippen LogP contribution in [-0.4, -0.2) is 32.3 Å². The van der Waals surface area contributed by atoms with Crippen molar-refractivity contribution in [3.63, 3.8) is 0 Å². The first-order chi connectivity index (χ1) is 15.5. The minimum atomic E-state index is -0.605. The highest BCUT2D eigenvalue weighted by molar-refractivity contribution is 7.99. The van der Waals surface area contributed by atoms with Crippen LogP contribution in [0.25, 0.3) is 11.4 Å². The van der Waals surface area contributed by atoms with Crippen LogP contribution >= 0.6 is 23.1 Å². The molecule has 0 radical (unpaired) electrons. The van der Waals surface area contributed by atoms with E-state index in [9.17, 15) is 14.0 Å². The normalized spacial score (nSPS) is 10.8. The molecule has 32 heavy (non-hydrogen) atoms. The number of thiophene rings is 1. The zero-order chi connectivity index (χ0) is 22.5. The first-order valence-corrected chi connectivity index (χ1v) is 11.4. The molecule has 0 aliphatic heterocycles. The van der Waals surface area contributed by atoms with E-state index in [0.29, 0.717) is 28.1 Å². The van der Waals surface area contributed by atoms with E-state index >= 15 is 0 Å². The Hall–Kier alpha value is -3.50. The largest absolute Gasteiger partial charge is 0.366 e. The third-order valence-electron chi connectivity index (χ3n) is 4.53. The van der Waals surface area contributed by atoms with Gasteiger partial charge in [0.25, 0.3) is 5.91 Å². The Morgan fingerprint density at radius 2 is 1.81 bits per heavy atom. The van der Waals surface area contributed by atoms with Crippen LogP contribution in [0.1, 0.15) is 15.9 Å². The summed E-state index contributed by atoms with van der Waals surface area (Å²) in [6.07, 6.45) is 0. The summed E-state index contributed by atoms with van der Waals surface area (Å²) in [6.45, 7) is 0.415. The van der Waals surface area contributed by atoms with Gasteiger partial charge in [-0.05, 0) is 29.1 Å². The molecular formula is C22H18FN5O2S2. The number of nitrogens with one attached hydrogen (secondary N) is 1. The monoisotopic (exact) mass is 467 g/mol. The molecule has 2 aromatic heterocycles. The van der Waals surface area contributed by atoms with Crippen LogP contribution in [-0.2, 0) is 11.3 Å². The summed E-state index contributed by atoms with van der Waals surface area (Å²) in [5, 5.41) is 13.7. The van der Waals surface area contributed by atoms with Gasteiger partial charge in [-0.1, -0.05) is 54.2 Å². The summed E-state index contributed by atoms with van der Waals surface area (Å²) in [5.41, 5.74) is 6.91. The average Bonchev–Trinajstić information content (AvgIpc) is 3.40. The van der Waals surface area contributed by atoms with E-state index in [-0.39, 0.29) is 17.2 Å². The summed E-state index contributed by atoms with van der Waals surface area (Å²) in [5.74, 6) is -0.919. The Morgan fingerprint density at radius 1 is 1.06 bits per heavy atom. The highest BCUT2D eigenvalue weighted by atomic mass is 32.2. The lowest BCUT2D eigenvalue weighted by atomic mass is 10.2. The number of rotatable bonds is 8. The third-order valence-corrected chi connectivity index (χ3v) is 6.33. The Balaban J connectivity index is 1.56. The SMILES string of the molecule is NC(=O)c1ccsc1NC(=O)CSc1nnc(-c2ccccc2F)n1Cc1ccccc1. The van der Waals surface area contributed by atoms with Gasteiger partial charge < -0.3 is 11.1 Å². The van der Waals surface area contributed by atoms with E-state index in [1.807, 2.05) is 30.3 Å². The number of carbonyl (C=O) groups excluding carboxylic acids is 2. The molecule has 2 aromatic carbocycles. The molecule has 0 fully saturated rings. The molecule has 7 nitrogen and oxygen atoms in total. The first kappa shape index (κ1) is 21.7. The molecule has 4 aromatic rings. The molecule has 2 heterocycles. The Morgan fingerprint density at radius 3 is 2.56 bits per heavy atom. The number of thioether (sulfide) groups is 1. The van der Waals surface area contributed by atoms with E-state index in [2.05, 4.69) is 15.5 Å². The van der Waals surface area contributed by atoms with Crippen molar-refractivity contribution in [3.05, 3.63) is 83.0 Å². The average molecular weight is 468 g/mol. The Labute approximate surface area is 191 Å². The molecule has 0 atom stereocenters. The lowest BCUT2D eigenvalue weighted by Gasteiger charge is -2.11. The molecule has 3 N–H and O–H groups in total. The highest BCUT2D eigenvalue weighted by Gasteiger charge is 2.19. The van der Waals surface area contributed by atoms with Gasteiger partial charge in [0, 0.05) is 0 Å². The second kappa shape index (κ2) is 9.75. The summed E-state index contributed by atoms with van der Waals surface area (Å²) in [4.78, 5) is 23.9. The number of hydrogen-bond acceptors (Lipinski definition) is 6. The number of nitrogens with zero attached hydrogens (tertiary/aromatic N) is 3. The van der Waals surface area contributed by atoms with Crippen molar-refractivity contribution >= 4 is 39.9 Å². The van der Waals surface area contributed by atoms with Crippen LogP contribution in [0, 0.1) is 5.82 Å². The zero-order valence-corrected chi connectivity index (χ0v) is 18.3. The summed E-state index contributed by atoms with van der Waals surface area (Å²) < 4.78 is 16.2. The predicted molar refractivity (Wildman–Crippen MR) is 123 cm³/mol. The topological polar surface area (TPSA) is 103 Å². The molecule has 0 aliphatic rings. The molecule has 0 aliphatic carbocycles. The number of carbonyl (C=O) groups is 2. The van der Waals surface area contributed by atoms with Gasteiger partial charge in [-0.15, -0.1) is 21.5 Å². The van der Waals surface area contributed by atoms with Crippen molar-refractivity contribution in [1.82, 2.24) is 14.8 Å². The number of halogens is 1. The quantitative estimate of drug-likeness (QED) is 0.381. The van der Waals surface area contributed by atoms with Gasteiger partial charge in [-0.3, -0.25) is 14.2 Å². The van der Waals surface area contributed by atoms with Crippen LogP contribution in [0.2, 0.25) is 0 Å². The van der Waals surface area contributed by atoms with Gasteiger partial charge in [0.1, 0.15) is 10.8 Å². The minimum Gasteiger partial charge on any atom is -0.366 e. The van der Waals surface area contributed by atoms with Gasteiger partial charge in [-0.2, -0.15) is 0 Å². The van der Waals surface area contributed by atoms with Crippen molar-refractivity contribution in [1.29, 1.82) is 0 Å². The number of primary amides is 1. The molecule has 0 saturated heterocycles. The van der Waals surface area contributed by atoms with Crippen molar-refractivity contribution in [2.24, 2.45) is 5.73 Å². The number of nitrogens with two attached hydrogens (primary N) is 1. The van der Waals surface area contributed by atoms with Crippen LogP contribution in [0.5, 0.6) is 0 Å². The molecule has 0 bridgehead atoms. The number of aromatic nitrogens is 3. The Kier molecular flexibility index (Phi) is 6.62. The number of anilines is 1. The third kappa shape index (κ3) is 4.87. The van der Waals surface area contributed by atoms with Gasteiger partial charge in [-0.25, -0.2) is 4.39 Å². The maximum atomic E-state index is 14.4. The van der Waals surface area contributed by atoms with E-state index in [0.717, 1.165) is 5.56 Å². The number of hydrogen-bond donors (Lipinski definition) is 2. The van der Waals surface area contributed by atoms with Crippen LogP contribution < -0.4 is 11.1 Å². The molecule has 2 amide bonds. The number of benzene rings is 2. The predicted octanol–water partition coefficient (Wildman–Crippen LogP) is 4.02. The molecule has 10 heteroatoms. The molecular weight excluding hydrogens is 449 g/mol. The molecule has 0 saturated carbocycles. The van der Waals surface area contributed by atoms with Crippen molar-refractivity contribution in [3.8, 4) is 11.4 Å². The van der Waals surface area contributed by atoms with Crippen LogP contribution in [0.15, 0.2) is 71.2 Å². The first-order valence-electron chi connectivity index (χ1n) is 9.55. The fourth-order valence-electron chi connectivity index (χ4n) is 3.04. The maximum Gasteiger partial charge on any atom is 0.251 e. The highest BCUT2D eigenvalue weighted by Crippen LogP contribution is 2.28. The molecule has 0 unspecified atom stereocenters. The van der Waals surface area contributed by atoms with E-state index in [1.165, 1.54) is 29.2 Å². The van der Waals surface area contributed by atoms with Gasteiger partial charge in [0.2, 0.25) is 5.91 Å².